The van der Waals surface area contributed by atoms with Gasteiger partial charge in [0, 0.05) is 9.50 Å². The Balaban J connectivity index is 2.18. The number of rotatable bonds is 3. The number of halogens is 2. The predicted octanol–water partition coefficient (Wildman–Crippen LogP) is 2.43. The van der Waals surface area contributed by atoms with Crippen LogP contribution in [0.4, 0.5) is 11.5 Å². The fourth-order valence-corrected chi connectivity index (χ4v) is 1.83. The van der Waals surface area contributed by atoms with E-state index < -0.39 is 0 Å². The van der Waals surface area contributed by atoms with E-state index in [1.807, 2.05) is 0 Å². The molecule has 19 heavy (non-hydrogen) atoms. The van der Waals surface area contributed by atoms with Gasteiger partial charge in [-0.15, -0.1) is 10.2 Å². The van der Waals surface area contributed by atoms with Gasteiger partial charge in [-0.3, -0.25) is 4.79 Å². The molecule has 4 N–H and O–H groups in total. The molecule has 2 rings (SSSR count). The van der Waals surface area contributed by atoms with Crippen LogP contribution in [0.15, 0.2) is 34.8 Å². The lowest BCUT2D eigenvalue weighted by Crippen LogP contribution is -2.16. The lowest BCUT2D eigenvalue weighted by Gasteiger charge is -2.07. The van der Waals surface area contributed by atoms with Gasteiger partial charge in [0.15, 0.2) is 11.5 Å². The Bertz CT molecular complexity index is 605. The van der Waals surface area contributed by atoms with Gasteiger partial charge in [0.25, 0.3) is 5.91 Å². The summed E-state index contributed by atoms with van der Waals surface area (Å²) in [7, 11) is 0. The van der Waals surface area contributed by atoms with Gasteiger partial charge >= 0.3 is 0 Å². The van der Waals surface area contributed by atoms with Crippen molar-refractivity contribution in [3.8, 4) is 0 Å². The number of anilines is 2. The molecule has 1 aromatic carbocycles. The minimum atomic E-state index is -0.390. The van der Waals surface area contributed by atoms with Gasteiger partial charge in [-0.2, -0.15) is 0 Å². The number of benzene rings is 1. The lowest BCUT2D eigenvalue weighted by atomic mass is 10.3. The van der Waals surface area contributed by atoms with E-state index in [1.54, 1.807) is 24.3 Å². The minimum absolute atomic E-state index is 0.172. The molecule has 0 spiro atoms. The second-order valence-electron chi connectivity index (χ2n) is 3.53. The molecule has 0 bridgehead atoms. The number of hydrazine groups is 1. The van der Waals surface area contributed by atoms with Gasteiger partial charge in [0.1, 0.15) is 0 Å². The summed E-state index contributed by atoms with van der Waals surface area (Å²) in [6, 6.07) is 8.14. The number of nitrogens with zero attached hydrogens (tertiary/aromatic N) is 2. The molecule has 1 amide bonds. The summed E-state index contributed by atoms with van der Waals surface area (Å²) < 4.78 is 0.721. The van der Waals surface area contributed by atoms with Crippen LogP contribution in [0.2, 0.25) is 5.02 Å². The first kappa shape index (κ1) is 13.7. The Morgan fingerprint density at radius 1 is 1.26 bits per heavy atom. The van der Waals surface area contributed by atoms with Crippen LogP contribution in [-0.2, 0) is 0 Å². The van der Waals surface area contributed by atoms with Gasteiger partial charge in [-0.1, -0.05) is 11.6 Å². The van der Waals surface area contributed by atoms with Gasteiger partial charge in [-0.25, -0.2) is 5.84 Å². The number of hydrogen-bond acceptors (Lipinski definition) is 5. The highest BCUT2D eigenvalue weighted by Crippen LogP contribution is 2.26. The van der Waals surface area contributed by atoms with Crippen molar-refractivity contribution >= 4 is 44.9 Å². The third kappa shape index (κ3) is 3.40. The SMILES string of the molecule is NNc1ccc(C(=O)Nc2cc(Cl)ccc2Br)nn1. The first-order valence-corrected chi connectivity index (χ1v) is 6.34. The molecule has 0 atom stereocenters. The largest absolute Gasteiger partial charge is 0.319 e. The molecule has 0 saturated heterocycles. The number of hydrogen-bond donors (Lipinski definition) is 3. The van der Waals surface area contributed by atoms with Crippen LogP contribution >= 0.6 is 27.5 Å². The first-order valence-electron chi connectivity index (χ1n) is 5.17. The zero-order valence-electron chi connectivity index (χ0n) is 9.52. The standard InChI is InChI=1S/C11H9BrClN5O/c12-7-2-1-6(13)5-9(7)15-11(19)8-3-4-10(16-14)18-17-8/h1-5H,14H2,(H,15,19)(H,16,18). The van der Waals surface area contributed by atoms with Gasteiger partial charge in [0.05, 0.1) is 5.69 Å². The molecule has 0 saturated carbocycles. The van der Waals surface area contributed by atoms with Crippen molar-refractivity contribution < 1.29 is 4.79 Å². The van der Waals surface area contributed by atoms with Crippen LogP contribution in [0.1, 0.15) is 10.5 Å². The van der Waals surface area contributed by atoms with E-state index in [0.717, 1.165) is 4.47 Å². The second kappa shape index (κ2) is 5.96. The average molecular weight is 343 g/mol. The number of nitrogens with two attached hydrogens (primary N) is 1. The molecule has 0 aliphatic rings. The summed E-state index contributed by atoms with van der Waals surface area (Å²) in [4.78, 5) is 11.9. The summed E-state index contributed by atoms with van der Waals surface area (Å²) in [5, 5.41) is 10.7. The van der Waals surface area contributed by atoms with Crippen molar-refractivity contribution in [3.05, 3.63) is 45.5 Å². The summed E-state index contributed by atoms with van der Waals surface area (Å²) in [6.45, 7) is 0. The fraction of sp³-hybridized carbons (Fsp3) is 0. The number of aromatic nitrogens is 2. The molecule has 2 aromatic rings. The van der Waals surface area contributed by atoms with Crippen molar-refractivity contribution in [1.29, 1.82) is 0 Å². The molecule has 0 fully saturated rings. The topological polar surface area (TPSA) is 92.9 Å². The summed E-state index contributed by atoms with van der Waals surface area (Å²) in [5.74, 6) is 5.15. The van der Waals surface area contributed by atoms with E-state index in [1.165, 1.54) is 6.07 Å². The van der Waals surface area contributed by atoms with Crippen LogP contribution in [0, 0.1) is 0 Å². The minimum Gasteiger partial charge on any atom is -0.319 e. The number of amides is 1. The Morgan fingerprint density at radius 2 is 2.05 bits per heavy atom. The highest BCUT2D eigenvalue weighted by atomic mass is 79.9. The average Bonchev–Trinajstić information content (AvgIpc) is 2.43. The van der Waals surface area contributed by atoms with Crippen LogP contribution in [0.25, 0.3) is 0 Å². The van der Waals surface area contributed by atoms with Crippen molar-refractivity contribution in [2.75, 3.05) is 10.7 Å². The molecule has 0 aliphatic heterocycles. The summed E-state index contributed by atoms with van der Waals surface area (Å²) in [5.41, 5.74) is 3.06. The Kier molecular flexibility index (Phi) is 4.31. The molecule has 0 radical (unpaired) electrons. The van der Waals surface area contributed by atoms with Crippen LogP contribution in [0.5, 0.6) is 0 Å². The fourth-order valence-electron chi connectivity index (χ4n) is 1.31. The van der Waals surface area contributed by atoms with E-state index in [9.17, 15) is 4.79 Å². The van der Waals surface area contributed by atoms with Crippen molar-refractivity contribution in [2.24, 2.45) is 5.84 Å². The quantitative estimate of drug-likeness (QED) is 0.588. The number of nitrogens with one attached hydrogen (secondary N) is 2. The van der Waals surface area contributed by atoms with E-state index in [2.05, 4.69) is 36.9 Å². The highest BCUT2D eigenvalue weighted by molar-refractivity contribution is 9.10. The highest BCUT2D eigenvalue weighted by Gasteiger charge is 2.10. The number of carbonyl (C=O) groups is 1. The smallest absolute Gasteiger partial charge is 0.276 e. The Morgan fingerprint density at radius 3 is 2.68 bits per heavy atom. The summed E-state index contributed by atoms with van der Waals surface area (Å²) >= 11 is 9.18. The summed E-state index contributed by atoms with van der Waals surface area (Å²) in [6.07, 6.45) is 0. The normalized spacial score (nSPS) is 10.1. The Labute approximate surface area is 122 Å². The van der Waals surface area contributed by atoms with E-state index in [0.29, 0.717) is 16.5 Å². The van der Waals surface area contributed by atoms with Crippen LogP contribution < -0.4 is 16.6 Å². The Hall–Kier alpha value is -1.70. The third-order valence-electron chi connectivity index (χ3n) is 2.22. The third-order valence-corrected chi connectivity index (χ3v) is 3.15. The maximum Gasteiger partial charge on any atom is 0.276 e. The van der Waals surface area contributed by atoms with Gasteiger partial charge in [0.2, 0.25) is 0 Å². The van der Waals surface area contributed by atoms with Crippen molar-refractivity contribution in [3.63, 3.8) is 0 Å². The maximum absolute atomic E-state index is 11.9. The number of nitrogen functional groups attached to an aromatic ring is 1. The van der Waals surface area contributed by atoms with E-state index in [-0.39, 0.29) is 11.6 Å². The molecular weight excluding hydrogens is 334 g/mol. The molecule has 0 unspecified atom stereocenters. The first-order chi connectivity index (χ1) is 9.10. The molecule has 0 aliphatic carbocycles. The maximum atomic E-state index is 11.9. The molecule has 1 aromatic heterocycles. The number of carbonyl (C=O) groups excluding carboxylic acids is 1. The van der Waals surface area contributed by atoms with Crippen LogP contribution in [-0.4, -0.2) is 16.1 Å². The van der Waals surface area contributed by atoms with E-state index in [4.69, 9.17) is 17.4 Å². The zero-order chi connectivity index (χ0) is 13.8. The zero-order valence-corrected chi connectivity index (χ0v) is 11.9. The second-order valence-corrected chi connectivity index (χ2v) is 4.82. The molecular formula is C11H9BrClN5O. The molecule has 8 heteroatoms. The van der Waals surface area contributed by atoms with Gasteiger partial charge < -0.3 is 10.7 Å². The monoisotopic (exact) mass is 341 g/mol. The lowest BCUT2D eigenvalue weighted by molar-refractivity contribution is 0.102. The molecule has 1 heterocycles. The molecule has 98 valence electrons. The predicted molar refractivity (Wildman–Crippen MR) is 76.9 cm³/mol. The van der Waals surface area contributed by atoms with Crippen LogP contribution in [0.3, 0.4) is 0 Å². The molecule has 6 nitrogen and oxygen atoms in total. The van der Waals surface area contributed by atoms with Crippen molar-refractivity contribution in [1.82, 2.24) is 10.2 Å². The van der Waals surface area contributed by atoms with Gasteiger partial charge in [-0.05, 0) is 46.3 Å². The van der Waals surface area contributed by atoms with Crippen molar-refractivity contribution in [2.45, 2.75) is 0 Å². The van der Waals surface area contributed by atoms with E-state index >= 15 is 0 Å².